The zero-order valence-electron chi connectivity index (χ0n) is 35.9. The molecule has 0 saturated carbocycles. The number of aromatic amines is 1. The van der Waals surface area contributed by atoms with Crippen molar-refractivity contribution >= 4 is 40.0 Å². The van der Waals surface area contributed by atoms with Gasteiger partial charge < -0.3 is 34.8 Å². The minimum atomic E-state index is -0.805. The number of piperidine rings is 1. The number of aliphatic hydroxyl groups excluding tert-OH is 1. The number of carbonyl (C=O) groups excluding carboxylic acids is 2. The van der Waals surface area contributed by atoms with Crippen molar-refractivity contribution in [1.82, 2.24) is 40.4 Å². The van der Waals surface area contributed by atoms with Gasteiger partial charge in [-0.3, -0.25) is 14.5 Å². The molecule has 9 rings (SSSR count). The number of H-pyrrole nitrogens is 1. The summed E-state index contributed by atoms with van der Waals surface area (Å²) in [6.07, 6.45) is 2.27. The van der Waals surface area contributed by atoms with Crippen LogP contribution in [-0.4, -0.2) is 102 Å². The topological polar surface area (TPSA) is 177 Å². The van der Waals surface area contributed by atoms with E-state index in [2.05, 4.69) is 47.4 Å². The molecule has 6 aromatic rings. The second-order valence-corrected chi connectivity index (χ2v) is 18.6. The van der Waals surface area contributed by atoms with Gasteiger partial charge in [0.25, 0.3) is 0 Å². The van der Waals surface area contributed by atoms with Crippen LogP contribution in [0.15, 0.2) is 70.7 Å². The van der Waals surface area contributed by atoms with E-state index in [9.17, 15) is 19.8 Å². The van der Waals surface area contributed by atoms with E-state index in [1.807, 2.05) is 81.7 Å². The number of hydrogen-bond acceptors (Lipinski definition) is 12. The highest BCUT2D eigenvalue weighted by molar-refractivity contribution is 7.13. The average molecular weight is 858 g/mol. The van der Waals surface area contributed by atoms with Crippen molar-refractivity contribution in [3.8, 4) is 27.4 Å². The zero-order chi connectivity index (χ0) is 43.2. The van der Waals surface area contributed by atoms with Gasteiger partial charge >= 0.3 is 0 Å². The predicted octanol–water partition coefficient (Wildman–Crippen LogP) is 7.16. The molecule has 4 aromatic heterocycles. The van der Waals surface area contributed by atoms with Gasteiger partial charge in [-0.1, -0.05) is 55.4 Å². The van der Waals surface area contributed by atoms with Crippen LogP contribution in [0.25, 0.3) is 32.7 Å². The molecule has 0 bridgehead atoms. The number of anilines is 1. The van der Waals surface area contributed by atoms with Crippen LogP contribution in [0.1, 0.15) is 93.2 Å². The maximum Gasteiger partial charge on any atom is 0.243 e. The van der Waals surface area contributed by atoms with Gasteiger partial charge in [-0.15, -0.1) is 21.5 Å². The Morgan fingerprint density at radius 2 is 1.81 bits per heavy atom. The molecule has 0 unspecified atom stereocenters. The van der Waals surface area contributed by atoms with Crippen LogP contribution in [0.3, 0.4) is 0 Å². The molecule has 0 aliphatic carbocycles. The van der Waals surface area contributed by atoms with E-state index in [0.717, 1.165) is 78.2 Å². The second-order valence-electron chi connectivity index (χ2n) is 17.7. The lowest BCUT2D eigenvalue weighted by Gasteiger charge is -2.39. The SMILES string of the molecule is Cc1ncsc1-c1ccc([C@H](C)NC(=O)[C@@H]2C[C@@H](O)CN2C(=O)[C@@H](c2cc(N3CCC(CN4CCc5[nH]c6nnc(-c7ccccc7O)cc6c5[C@@H]4C)CC3)no2)C(C)C)cc1. The average Bonchev–Trinajstić information content (AvgIpc) is 4.08. The van der Waals surface area contributed by atoms with E-state index in [1.54, 1.807) is 23.5 Å². The van der Waals surface area contributed by atoms with Gasteiger partial charge in [0.1, 0.15) is 17.7 Å². The van der Waals surface area contributed by atoms with Crippen LogP contribution in [0.4, 0.5) is 5.82 Å². The molecule has 2 saturated heterocycles. The Kier molecular flexibility index (Phi) is 11.6. The maximum atomic E-state index is 14.4. The van der Waals surface area contributed by atoms with Crippen molar-refractivity contribution in [2.75, 3.05) is 37.6 Å². The molecule has 2 fully saturated rings. The third-order valence-corrected chi connectivity index (χ3v) is 14.3. The standard InChI is InChI=1S/C47H55N9O5S/c1-26(2)42(47(60)56-24-33(57)20-38(56)46(59)49-27(3)31-10-12-32(13-11-31)44-28(4)48-25-62-44)40-22-41(53-61-40)54-17-14-30(15-18-54)23-55-19-16-36-43(29(55)5)35-21-37(51-52-45(35)50-36)34-8-6-7-9-39(34)58/h6-13,21-22,25-27,29-30,33,38,42,57-58H,14-20,23-24H2,1-5H3,(H,49,59)(H,50,52)/t27-,29-,33+,38-,42+/m0/s1. The number of phenolic OH excluding ortho intramolecular Hbond substituents is 1. The van der Waals surface area contributed by atoms with Gasteiger partial charge in [-0.2, -0.15) is 0 Å². The summed E-state index contributed by atoms with van der Waals surface area (Å²) in [7, 11) is 0. The first-order chi connectivity index (χ1) is 29.9. The number of thiazole rings is 1. The number of amides is 2. The molecule has 0 spiro atoms. The predicted molar refractivity (Wildman–Crippen MR) is 239 cm³/mol. The molecule has 2 amide bonds. The summed E-state index contributed by atoms with van der Waals surface area (Å²) in [5, 5.41) is 38.8. The number of para-hydroxylation sites is 1. The Morgan fingerprint density at radius 3 is 2.53 bits per heavy atom. The molecule has 62 heavy (non-hydrogen) atoms. The van der Waals surface area contributed by atoms with Crippen molar-refractivity contribution in [2.24, 2.45) is 11.8 Å². The monoisotopic (exact) mass is 857 g/mol. The van der Waals surface area contributed by atoms with E-state index < -0.39 is 18.1 Å². The van der Waals surface area contributed by atoms with Crippen LogP contribution in [-0.2, 0) is 16.0 Å². The molecular weight excluding hydrogens is 803 g/mol. The van der Waals surface area contributed by atoms with Crippen LogP contribution in [0.5, 0.6) is 5.75 Å². The number of benzene rings is 2. The summed E-state index contributed by atoms with van der Waals surface area (Å²) >= 11 is 1.60. The molecule has 3 aliphatic heterocycles. The van der Waals surface area contributed by atoms with Crippen molar-refractivity contribution in [1.29, 1.82) is 0 Å². The zero-order valence-corrected chi connectivity index (χ0v) is 36.7. The number of fused-ring (bicyclic) bond motifs is 3. The van der Waals surface area contributed by atoms with Gasteiger partial charge in [0.05, 0.1) is 33.9 Å². The van der Waals surface area contributed by atoms with Crippen LogP contribution >= 0.6 is 11.3 Å². The lowest BCUT2D eigenvalue weighted by Crippen LogP contribution is -2.48. The number of aryl methyl sites for hydroxylation is 1. The minimum absolute atomic E-state index is 0.0799. The lowest BCUT2D eigenvalue weighted by atomic mass is 9.91. The van der Waals surface area contributed by atoms with Crippen LogP contribution in [0.2, 0.25) is 0 Å². The number of aliphatic hydroxyl groups is 1. The Bertz CT molecular complexity index is 2560. The molecule has 4 N–H and O–H groups in total. The van der Waals surface area contributed by atoms with Gasteiger partial charge in [0.2, 0.25) is 11.8 Å². The number of phenols is 1. The fourth-order valence-electron chi connectivity index (χ4n) is 9.81. The summed E-state index contributed by atoms with van der Waals surface area (Å²) in [5.74, 6) is 0.550. The third kappa shape index (κ3) is 8.09. The number of β-amino-alcohol motifs (C(OH)–C–C–N with tert-alkyl or cyclic N) is 1. The van der Waals surface area contributed by atoms with Crippen LogP contribution in [0, 0.1) is 18.8 Å². The van der Waals surface area contributed by atoms with Crippen molar-refractivity contribution in [3.63, 3.8) is 0 Å². The number of aromatic nitrogens is 5. The number of aromatic hydroxyl groups is 1. The quantitative estimate of drug-likeness (QED) is 0.104. The largest absolute Gasteiger partial charge is 0.507 e. The van der Waals surface area contributed by atoms with Crippen molar-refractivity contribution < 1.29 is 24.3 Å². The number of rotatable bonds is 11. The third-order valence-electron chi connectivity index (χ3n) is 13.3. The normalized spacial score (nSPS) is 20.8. The summed E-state index contributed by atoms with van der Waals surface area (Å²) < 4.78 is 5.94. The summed E-state index contributed by atoms with van der Waals surface area (Å²) in [6.45, 7) is 13.8. The Labute approximate surface area is 365 Å². The highest BCUT2D eigenvalue weighted by Gasteiger charge is 2.44. The first-order valence-electron chi connectivity index (χ1n) is 21.8. The first kappa shape index (κ1) is 41.7. The maximum absolute atomic E-state index is 14.4. The number of likely N-dealkylation sites (tertiary alicyclic amines) is 1. The fourth-order valence-corrected chi connectivity index (χ4v) is 10.6. The smallest absolute Gasteiger partial charge is 0.243 e. The number of carbonyl (C=O) groups is 2. The minimum Gasteiger partial charge on any atom is -0.507 e. The molecule has 7 heterocycles. The summed E-state index contributed by atoms with van der Waals surface area (Å²) in [5.41, 5.74) is 9.41. The van der Waals surface area contributed by atoms with E-state index in [-0.39, 0.29) is 48.5 Å². The molecule has 3 aliphatic rings. The molecule has 0 radical (unpaired) electrons. The summed E-state index contributed by atoms with van der Waals surface area (Å²) in [6, 6.07) is 18.3. The molecule has 2 aromatic carbocycles. The number of nitrogens with zero attached hydrogens (tertiary/aromatic N) is 7. The molecule has 324 valence electrons. The Hall–Kier alpha value is -5.64. The van der Waals surface area contributed by atoms with Crippen molar-refractivity contribution in [3.05, 3.63) is 94.4 Å². The van der Waals surface area contributed by atoms with Gasteiger partial charge in [-0.05, 0) is 80.3 Å². The second kappa shape index (κ2) is 17.3. The van der Waals surface area contributed by atoms with Crippen LogP contribution < -0.4 is 10.2 Å². The van der Waals surface area contributed by atoms with Crippen molar-refractivity contribution in [2.45, 2.75) is 90.4 Å². The fraction of sp³-hybridized carbons (Fsp3) is 0.447. The van der Waals surface area contributed by atoms with E-state index >= 15 is 0 Å². The summed E-state index contributed by atoms with van der Waals surface area (Å²) in [4.78, 5) is 43.5. The molecule has 14 nitrogen and oxygen atoms in total. The van der Waals surface area contributed by atoms with E-state index in [0.29, 0.717) is 28.8 Å². The van der Waals surface area contributed by atoms with Gasteiger partial charge in [0.15, 0.2) is 17.2 Å². The number of nitrogens with one attached hydrogen (secondary N) is 2. The van der Waals surface area contributed by atoms with Gasteiger partial charge in [0, 0.05) is 74.3 Å². The molecule has 15 heteroatoms. The van der Waals surface area contributed by atoms with E-state index in [1.165, 1.54) is 16.2 Å². The van der Waals surface area contributed by atoms with E-state index in [4.69, 9.17) is 4.52 Å². The molecular formula is C47H55N9O5S. The highest BCUT2D eigenvalue weighted by atomic mass is 32.1. The van der Waals surface area contributed by atoms with Gasteiger partial charge in [-0.25, -0.2) is 4.98 Å². The first-order valence-corrected chi connectivity index (χ1v) is 22.7. The Morgan fingerprint density at radius 1 is 1.03 bits per heavy atom. The number of hydrogen-bond donors (Lipinski definition) is 4. The highest BCUT2D eigenvalue weighted by Crippen LogP contribution is 2.39. The molecule has 5 atom stereocenters. The lowest BCUT2D eigenvalue weighted by molar-refractivity contribution is -0.141. The Balaban J connectivity index is 0.819.